The Morgan fingerprint density at radius 2 is 1.70 bits per heavy atom. The molecule has 3 heterocycles. The zero-order valence-electron chi connectivity index (χ0n) is 18.7. The first-order valence-corrected chi connectivity index (χ1v) is 12.5. The number of benzene rings is 2. The van der Waals surface area contributed by atoms with Gasteiger partial charge in [0.25, 0.3) is 0 Å². The minimum absolute atomic E-state index is 0.117. The Bertz CT molecular complexity index is 1260. The van der Waals surface area contributed by atoms with Crippen LogP contribution in [0.5, 0.6) is 0 Å². The predicted octanol–water partition coefficient (Wildman–Crippen LogP) is 2.40. The lowest BCUT2D eigenvalue weighted by atomic mass is 9.77. The Balaban J connectivity index is 1.40. The van der Waals surface area contributed by atoms with Crippen LogP contribution >= 0.6 is 0 Å². The largest absolute Gasteiger partial charge is 0.361 e. The van der Waals surface area contributed by atoms with Gasteiger partial charge >= 0.3 is 0 Å². The number of amides is 2. The summed E-state index contributed by atoms with van der Waals surface area (Å²) in [6, 6.07) is 13.0. The van der Waals surface area contributed by atoms with E-state index in [1.165, 1.54) is 4.90 Å². The van der Waals surface area contributed by atoms with Crippen molar-refractivity contribution in [3.05, 3.63) is 76.9 Å². The van der Waals surface area contributed by atoms with E-state index in [1.54, 1.807) is 26.0 Å². The lowest BCUT2D eigenvalue weighted by molar-refractivity contribution is -0.144. The van der Waals surface area contributed by atoms with Crippen molar-refractivity contribution in [2.45, 2.75) is 43.9 Å². The molecule has 4 atom stereocenters. The highest BCUT2D eigenvalue weighted by Crippen LogP contribution is 2.51. The average Bonchev–Trinajstić information content (AvgIpc) is 3.39. The van der Waals surface area contributed by atoms with Gasteiger partial charge in [-0.05, 0) is 37.5 Å². The number of imide groups is 1. The molecule has 2 aromatic carbocycles. The number of nitrogens with zero attached hydrogens (tertiary/aromatic N) is 1. The summed E-state index contributed by atoms with van der Waals surface area (Å²) in [5, 5.41) is 0. The quantitative estimate of drug-likeness (QED) is 0.521. The molecule has 3 aliphatic heterocycles. The van der Waals surface area contributed by atoms with E-state index in [0.29, 0.717) is 11.1 Å². The molecule has 0 saturated carbocycles. The van der Waals surface area contributed by atoms with E-state index in [2.05, 4.69) is 4.72 Å². The molecule has 172 valence electrons. The van der Waals surface area contributed by atoms with Gasteiger partial charge in [0.2, 0.25) is 21.8 Å². The van der Waals surface area contributed by atoms with E-state index < -0.39 is 33.6 Å². The number of likely N-dealkylation sites (tertiary alicyclic amines) is 1. The third-order valence-corrected chi connectivity index (χ3v) is 8.55. The average molecular weight is 467 g/mol. The maximum absolute atomic E-state index is 13.4. The van der Waals surface area contributed by atoms with Crippen LogP contribution in [0.4, 0.5) is 0 Å². The molecule has 2 aromatic rings. The van der Waals surface area contributed by atoms with Crippen LogP contribution in [0.15, 0.2) is 59.5 Å². The zero-order valence-corrected chi connectivity index (χ0v) is 19.6. The van der Waals surface area contributed by atoms with Gasteiger partial charge in [0.1, 0.15) is 5.60 Å². The summed E-state index contributed by atoms with van der Waals surface area (Å²) >= 11 is 0. The van der Waals surface area contributed by atoms with Crippen LogP contribution in [-0.4, -0.2) is 43.4 Å². The van der Waals surface area contributed by atoms with Crippen LogP contribution in [0.2, 0.25) is 0 Å². The highest BCUT2D eigenvalue weighted by molar-refractivity contribution is 7.89. The summed E-state index contributed by atoms with van der Waals surface area (Å²) < 4.78 is 35.1. The minimum Gasteiger partial charge on any atom is -0.361 e. The minimum atomic E-state index is -3.85. The van der Waals surface area contributed by atoms with Gasteiger partial charge in [0.15, 0.2) is 0 Å². The van der Waals surface area contributed by atoms with Gasteiger partial charge in [-0.2, -0.15) is 0 Å². The van der Waals surface area contributed by atoms with Gasteiger partial charge in [-0.15, -0.1) is 0 Å². The number of sulfonamides is 1. The predicted molar refractivity (Wildman–Crippen MR) is 122 cm³/mol. The second-order valence-corrected chi connectivity index (χ2v) is 10.9. The van der Waals surface area contributed by atoms with Crippen molar-refractivity contribution in [3.8, 4) is 0 Å². The van der Waals surface area contributed by atoms with Crippen molar-refractivity contribution in [1.82, 2.24) is 9.62 Å². The van der Waals surface area contributed by atoms with Crippen LogP contribution < -0.4 is 4.72 Å². The third-order valence-electron chi connectivity index (χ3n) is 6.84. The topological polar surface area (TPSA) is 92.8 Å². The Morgan fingerprint density at radius 1 is 1.03 bits per heavy atom. The first kappa shape index (κ1) is 22.0. The first-order valence-electron chi connectivity index (χ1n) is 11.0. The van der Waals surface area contributed by atoms with Crippen molar-refractivity contribution in [1.29, 1.82) is 0 Å². The molecule has 0 aliphatic carbocycles. The van der Waals surface area contributed by atoms with Gasteiger partial charge in [-0.25, -0.2) is 13.1 Å². The van der Waals surface area contributed by atoms with E-state index in [4.69, 9.17) is 4.74 Å². The maximum Gasteiger partial charge on any atom is 0.241 e. The number of ether oxygens (including phenoxy) is 1. The Kier molecular flexibility index (Phi) is 5.08. The summed E-state index contributed by atoms with van der Waals surface area (Å²) in [5.74, 6) is -1.95. The molecule has 2 fully saturated rings. The fourth-order valence-corrected chi connectivity index (χ4v) is 7.08. The molecule has 2 saturated heterocycles. The van der Waals surface area contributed by atoms with Crippen molar-refractivity contribution < 1.29 is 22.7 Å². The summed E-state index contributed by atoms with van der Waals surface area (Å²) in [7, 11) is -3.85. The summed E-state index contributed by atoms with van der Waals surface area (Å²) in [4.78, 5) is 28.0. The SMILES string of the molecule is Cc1cc(C)c(S(=O)(=O)NCC23C=CC(O2)C2C(=O)N(Cc4ccccc4)C(=O)C23)c(C)c1. The second-order valence-electron chi connectivity index (χ2n) is 9.20. The molecule has 0 radical (unpaired) electrons. The summed E-state index contributed by atoms with van der Waals surface area (Å²) in [6.07, 6.45) is 2.99. The Labute approximate surface area is 193 Å². The molecular weight excluding hydrogens is 440 g/mol. The van der Waals surface area contributed by atoms with Crippen LogP contribution in [0.25, 0.3) is 0 Å². The Hall–Kier alpha value is -2.81. The number of fused-ring (bicyclic) bond motifs is 5. The highest BCUT2D eigenvalue weighted by Gasteiger charge is 2.67. The molecule has 1 N–H and O–H groups in total. The van der Waals surface area contributed by atoms with Crippen LogP contribution in [0, 0.1) is 32.6 Å². The molecule has 8 heteroatoms. The highest BCUT2D eigenvalue weighted by atomic mass is 32.2. The van der Waals surface area contributed by atoms with Crippen molar-refractivity contribution in [2.24, 2.45) is 11.8 Å². The maximum atomic E-state index is 13.4. The van der Waals surface area contributed by atoms with Crippen LogP contribution in [0.1, 0.15) is 22.3 Å². The third kappa shape index (κ3) is 3.44. The number of carbonyl (C=O) groups is 2. The first-order chi connectivity index (χ1) is 15.6. The molecule has 2 amide bonds. The van der Waals surface area contributed by atoms with E-state index in [0.717, 1.165) is 11.1 Å². The summed E-state index contributed by atoms with van der Waals surface area (Å²) in [5.41, 5.74) is 1.99. The monoisotopic (exact) mass is 466 g/mol. The van der Waals surface area contributed by atoms with E-state index in [1.807, 2.05) is 49.4 Å². The van der Waals surface area contributed by atoms with E-state index in [9.17, 15) is 18.0 Å². The number of nitrogens with one attached hydrogen (secondary N) is 1. The molecule has 4 unspecified atom stereocenters. The number of hydrogen-bond acceptors (Lipinski definition) is 5. The normalized spacial score (nSPS) is 28.1. The molecule has 2 bridgehead atoms. The van der Waals surface area contributed by atoms with Gasteiger partial charge in [0.05, 0.1) is 29.4 Å². The second kappa shape index (κ2) is 7.62. The van der Waals surface area contributed by atoms with E-state index in [-0.39, 0.29) is 29.8 Å². The van der Waals surface area contributed by atoms with Gasteiger partial charge in [0, 0.05) is 6.54 Å². The standard InChI is InChI=1S/C25H26N2O5S/c1-15-11-16(2)22(17(3)12-15)33(30,31)26-14-25-10-9-19(32-25)20-21(25)24(29)27(23(20)28)13-18-7-5-4-6-8-18/h4-12,19-21,26H,13-14H2,1-3H3. The van der Waals surface area contributed by atoms with Gasteiger partial charge in [-0.3, -0.25) is 14.5 Å². The number of aryl methyl sites for hydroxylation is 3. The fraction of sp³-hybridized carbons (Fsp3) is 0.360. The number of carbonyl (C=O) groups excluding carboxylic acids is 2. The van der Waals surface area contributed by atoms with Gasteiger partial charge in [-0.1, -0.05) is 60.2 Å². The van der Waals surface area contributed by atoms with Crippen molar-refractivity contribution in [3.63, 3.8) is 0 Å². The molecule has 3 aliphatic rings. The number of rotatable bonds is 6. The molecule has 0 spiro atoms. The fourth-order valence-electron chi connectivity index (χ4n) is 5.56. The van der Waals surface area contributed by atoms with Crippen LogP contribution in [-0.2, 0) is 30.9 Å². The number of hydrogen-bond donors (Lipinski definition) is 1. The van der Waals surface area contributed by atoms with E-state index >= 15 is 0 Å². The summed E-state index contributed by atoms with van der Waals surface area (Å²) in [6.45, 7) is 5.53. The molecule has 7 nitrogen and oxygen atoms in total. The lowest BCUT2D eigenvalue weighted by Gasteiger charge is -2.29. The molecule has 5 rings (SSSR count). The van der Waals surface area contributed by atoms with Gasteiger partial charge < -0.3 is 4.74 Å². The van der Waals surface area contributed by atoms with Crippen molar-refractivity contribution >= 4 is 21.8 Å². The van der Waals surface area contributed by atoms with Crippen LogP contribution in [0.3, 0.4) is 0 Å². The lowest BCUT2D eigenvalue weighted by Crippen LogP contribution is -2.48. The Morgan fingerprint density at radius 3 is 2.36 bits per heavy atom. The zero-order chi connectivity index (χ0) is 23.5. The molecule has 0 aromatic heterocycles. The molecule has 33 heavy (non-hydrogen) atoms. The smallest absolute Gasteiger partial charge is 0.241 e. The molecular formula is C25H26N2O5S. The van der Waals surface area contributed by atoms with Crippen molar-refractivity contribution in [2.75, 3.05) is 6.54 Å².